The van der Waals surface area contributed by atoms with Gasteiger partial charge in [0.1, 0.15) is 5.75 Å². The van der Waals surface area contributed by atoms with Crippen molar-refractivity contribution in [2.45, 2.75) is 11.7 Å². The van der Waals surface area contributed by atoms with Crippen molar-refractivity contribution in [2.75, 3.05) is 27.1 Å². The number of Topliss-reactive ketones (excluding diaryl/α,β-unsaturated/α-hetero) is 1. The predicted octanol–water partition coefficient (Wildman–Crippen LogP) is 5.21. The van der Waals surface area contributed by atoms with E-state index in [1.54, 1.807) is 35.9 Å². The van der Waals surface area contributed by atoms with Crippen molar-refractivity contribution in [3.05, 3.63) is 86.6 Å². The Morgan fingerprint density at radius 3 is 2.23 bits per heavy atom. The fourth-order valence-electron chi connectivity index (χ4n) is 3.54. The topological polar surface area (TPSA) is 79.7 Å². The van der Waals surface area contributed by atoms with Gasteiger partial charge in [-0.3, -0.25) is 14.2 Å². The van der Waals surface area contributed by atoms with E-state index in [9.17, 15) is 9.59 Å². The Kier molecular flexibility index (Phi) is 7.77. The van der Waals surface area contributed by atoms with E-state index in [4.69, 9.17) is 19.2 Å². The van der Waals surface area contributed by atoms with E-state index in [-0.39, 0.29) is 23.6 Å². The predicted molar refractivity (Wildman–Crippen MR) is 140 cm³/mol. The van der Waals surface area contributed by atoms with Crippen LogP contribution in [0.4, 0.5) is 0 Å². The number of methoxy groups -OCH3 is 3. The lowest BCUT2D eigenvalue weighted by Crippen LogP contribution is -2.24. The number of hydrogen-bond donors (Lipinski definition) is 0. The fraction of sp³-hybridized carbons (Fsp3) is 0.192. The molecule has 1 aromatic heterocycles. The van der Waals surface area contributed by atoms with Crippen molar-refractivity contribution in [3.8, 4) is 17.2 Å². The van der Waals surface area contributed by atoms with Crippen molar-refractivity contribution in [1.82, 2.24) is 9.55 Å². The lowest BCUT2D eigenvalue weighted by molar-refractivity contribution is 0.102. The van der Waals surface area contributed by atoms with Crippen molar-refractivity contribution in [2.24, 2.45) is 0 Å². The highest BCUT2D eigenvalue weighted by atomic mass is 79.9. The Balaban J connectivity index is 1.75. The SMILES string of the molecule is COc1ccc(Cn2c(SCC(=O)c3ccc(Br)cc3)nc3cc(OC)c(OC)cc3c2=O)cc1. The number of carbonyl (C=O) groups is 1. The van der Waals surface area contributed by atoms with E-state index in [1.165, 1.54) is 26.0 Å². The minimum atomic E-state index is -0.231. The molecule has 9 heteroatoms. The van der Waals surface area contributed by atoms with Crippen molar-refractivity contribution >= 4 is 44.4 Å². The summed E-state index contributed by atoms with van der Waals surface area (Å²) < 4.78 is 18.5. The number of ketones is 1. The summed E-state index contributed by atoms with van der Waals surface area (Å²) in [5.74, 6) is 1.72. The number of thioether (sulfide) groups is 1. The highest BCUT2D eigenvalue weighted by Crippen LogP contribution is 2.31. The van der Waals surface area contributed by atoms with Gasteiger partial charge in [-0.25, -0.2) is 4.98 Å². The fourth-order valence-corrected chi connectivity index (χ4v) is 4.70. The third-order valence-electron chi connectivity index (χ3n) is 5.42. The van der Waals surface area contributed by atoms with Gasteiger partial charge in [-0.15, -0.1) is 0 Å². The molecule has 0 amide bonds. The summed E-state index contributed by atoms with van der Waals surface area (Å²) in [6.45, 7) is 0.287. The molecule has 180 valence electrons. The summed E-state index contributed by atoms with van der Waals surface area (Å²) in [7, 11) is 4.65. The smallest absolute Gasteiger partial charge is 0.262 e. The van der Waals surface area contributed by atoms with E-state index in [0.717, 1.165) is 15.8 Å². The molecule has 0 unspecified atom stereocenters. The number of ether oxygens (including phenoxy) is 3. The van der Waals surface area contributed by atoms with Crippen LogP contribution in [-0.4, -0.2) is 42.4 Å². The Morgan fingerprint density at radius 1 is 0.943 bits per heavy atom. The van der Waals surface area contributed by atoms with Gasteiger partial charge in [0.25, 0.3) is 5.56 Å². The molecule has 0 atom stereocenters. The molecule has 35 heavy (non-hydrogen) atoms. The molecule has 3 aromatic carbocycles. The summed E-state index contributed by atoms with van der Waals surface area (Å²) >= 11 is 4.61. The first-order valence-corrected chi connectivity index (χ1v) is 12.4. The second-order valence-corrected chi connectivity index (χ2v) is 9.44. The van der Waals surface area contributed by atoms with Gasteiger partial charge in [0.2, 0.25) is 0 Å². The first kappa shape index (κ1) is 24.8. The molecule has 7 nitrogen and oxygen atoms in total. The minimum absolute atomic E-state index is 0.0554. The number of aromatic nitrogens is 2. The van der Waals surface area contributed by atoms with Crippen LogP contribution >= 0.6 is 27.7 Å². The average molecular weight is 555 g/mol. The van der Waals surface area contributed by atoms with Gasteiger partial charge in [-0.1, -0.05) is 52.0 Å². The average Bonchev–Trinajstić information content (AvgIpc) is 2.89. The van der Waals surface area contributed by atoms with Crippen LogP contribution in [-0.2, 0) is 6.54 Å². The summed E-state index contributed by atoms with van der Waals surface area (Å²) in [4.78, 5) is 31.1. The molecule has 0 aliphatic carbocycles. The van der Waals surface area contributed by atoms with Gasteiger partial charge in [0.05, 0.1) is 44.5 Å². The first-order chi connectivity index (χ1) is 16.9. The zero-order valence-electron chi connectivity index (χ0n) is 19.4. The number of nitrogens with zero attached hydrogens (tertiary/aromatic N) is 2. The highest BCUT2D eigenvalue weighted by Gasteiger charge is 2.17. The summed E-state index contributed by atoms with van der Waals surface area (Å²) in [6, 6.07) is 18.0. The Labute approximate surface area is 215 Å². The molecule has 0 radical (unpaired) electrons. The van der Waals surface area contributed by atoms with E-state index in [0.29, 0.717) is 33.1 Å². The van der Waals surface area contributed by atoms with Crippen LogP contribution < -0.4 is 19.8 Å². The van der Waals surface area contributed by atoms with Crippen LogP contribution in [0.15, 0.2) is 75.1 Å². The van der Waals surface area contributed by atoms with Crippen molar-refractivity contribution in [3.63, 3.8) is 0 Å². The summed E-state index contributed by atoms with van der Waals surface area (Å²) in [5.41, 5.74) is 1.73. The zero-order chi connectivity index (χ0) is 24.9. The van der Waals surface area contributed by atoms with Crippen LogP contribution in [0.2, 0.25) is 0 Å². The molecule has 0 bridgehead atoms. The van der Waals surface area contributed by atoms with Crippen molar-refractivity contribution in [1.29, 1.82) is 0 Å². The second kappa shape index (κ2) is 11.0. The number of benzene rings is 3. The van der Waals surface area contributed by atoms with Gasteiger partial charge in [-0.2, -0.15) is 0 Å². The molecule has 0 aliphatic heterocycles. The molecule has 0 spiro atoms. The Morgan fingerprint density at radius 2 is 1.60 bits per heavy atom. The molecule has 1 heterocycles. The van der Waals surface area contributed by atoms with Crippen LogP contribution in [0.1, 0.15) is 15.9 Å². The van der Waals surface area contributed by atoms with E-state index < -0.39 is 0 Å². The highest BCUT2D eigenvalue weighted by molar-refractivity contribution is 9.10. The number of rotatable bonds is 9. The molecule has 0 N–H and O–H groups in total. The molecule has 0 saturated carbocycles. The molecule has 4 rings (SSSR count). The lowest BCUT2D eigenvalue weighted by atomic mass is 10.2. The summed E-state index contributed by atoms with van der Waals surface area (Å²) in [6.07, 6.45) is 0. The van der Waals surface area contributed by atoms with Gasteiger partial charge >= 0.3 is 0 Å². The standard InChI is InChI=1S/C26H23BrN2O5S/c1-32-19-10-4-16(5-11-19)14-29-25(31)20-12-23(33-2)24(34-3)13-21(20)28-26(29)35-15-22(30)17-6-8-18(27)9-7-17/h4-13H,14-15H2,1-3H3. The largest absolute Gasteiger partial charge is 0.497 e. The van der Waals surface area contributed by atoms with Gasteiger partial charge in [0.15, 0.2) is 22.4 Å². The van der Waals surface area contributed by atoms with Crippen LogP contribution in [0.25, 0.3) is 10.9 Å². The lowest BCUT2D eigenvalue weighted by Gasteiger charge is -2.15. The van der Waals surface area contributed by atoms with Crippen LogP contribution in [0.3, 0.4) is 0 Å². The monoisotopic (exact) mass is 554 g/mol. The normalized spacial score (nSPS) is 10.9. The van der Waals surface area contributed by atoms with E-state index in [1.807, 2.05) is 36.4 Å². The van der Waals surface area contributed by atoms with Gasteiger partial charge in [0, 0.05) is 16.1 Å². The maximum atomic E-state index is 13.6. The van der Waals surface area contributed by atoms with Crippen molar-refractivity contribution < 1.29 is 19.0 Å². The molecule has 0 aliphatic rings. The minimum Gasteiger partial charge on any atom is -0.497 e. The molecular weight excluding hydrogens is 532 g/mol. The van der Waals surface area contributed by atoms with Crippen LogP contribution in [0, 0.1) is 0 Å². The first-order valence-electron chi connectivity index (χ1n) is 10.6. The van der Waals surface area contributed by atoms with Crippen LogP contribution in [0.5, 0.6) is 17.2 Å². The quantitative estimate of drug-likeness (QED) is 0.159. The maximum Gasteiger partial charge on any atom is 0.262 e. The third-order valence-corrected chi connectivity index (χ3v) is 6.93. The Bertz CT molecular complexity index is 1420. The number of carbonyl (C=O) groups excluding carboxylic acids is 1. The maximum absolute atomic E-state index is 13.6. The molecular formula is C26H23BrN2O5S. The second-order valence-electron chi connectivity index (χ2n) is 7.58. The number of hydrogen-bond acceptors (Lipinski definition) is 7. The van der Waals surface area contributed by atoms with Gasteiger partial charge < -0.3 is 14.2 Å². The number of fused-ring (bicyclic) bond motifs is 1. The summed E-state index contributed by atoms with van der Waals surface area (Å²) in [5, 5.41) is 0.843. The van der Waals surface area contributed by atoms with Gasteiger partial charge in [-0.05, 0) is 35.9 Å². The zero-order valence-corrected chi connectivity index (χ0v) is 21.8. The number of halogens is 1. The third kappa shape index (κ3) is 5.52. The van der Waals surface area contributed by atoms with E-state index in [2.05, 4.69) is 15.9 Å². The Hall–Kier alpha value is -3.30. The molecule has 4 aromatic rings. The van der Waals surface area contributed by atoms with E-state index >= 15 is 0 Å². The molecule has 0 saturated heterocycles. The molecule has 0 fully saturated rings.